The molecule has 84 valence electrons. The maximum Gasteiger partial charge on any atom is 0.371 e. The lowest BCUT2D eigenvalue weighted by molar-refractivity contribution is 0.00363. The summed E-state index contributed by atoms with van der Waals surface area (Å²) >= 11 is 0. The Morgan fingerprint density at radius 3 is 2.67 bits per heavy atom. The summed E-state index contributed by atoms with van der Waals surface area (Å²) in [6.45, 7) is -0.412. The largest absolute Gasteiger partial charge is 0.475 e. The van der Waals surface area contributed by atoms with Crippen molar-refractivity contribution >= 4 is 11.9 Å². The van der Waals surface area contributed by atoms with E-state index in [-0.39, 0.29) is 11.6 Å². The van der Waals surface area contributed by atoms with Gasteiger partial charge in [0.1, 0.15) is 6.10 Å². The summed E-state index contributed by atoms with van der Waals surface area (Å²) in [7, 11) is 0. The lowest BCUT2D eigenvalue weighted by Gasteiger charge is -2.09. The van der Waals surface area contributed by atoms with Gasteiger partial charge in [-0.3, -0.25) is 0 Å². The van der Waals surface area contributed by atoms with Crippen LogP contribution in [0.1, 0.15) is 10.6 Å². The van der Waals surface area contributed by atoms with Crippen molar-refractivity contribution in [3.05, 3.63) is 17.9 Å². The predicted molar refractivity (Wildman–Crippen MR) is 46.2 cm³/mol. The fourth-order valence-electron chi connectivity index (χ4n) is 0.842. The van der Waals surface area contributed by atoms with E-state index in [1.807, 2.05) is 0 Å². The van der Waals surface area contributed by atoms with E-state index in [0.717, 1.165) is 0 Å². The van der Waals surface area contributed by atoms with E-state index in [0.29, 0.717) is 0 Å². The van der Waals surface area contributed by atoms with Crippen LogP contribution in [0.25, 0.3) is 0 Å². The number of furan rings is 1. The number of hydrogen-bond donors (Lipinski definition) is 3. The molecule has 0 aliphatic rings. The number of aliphatic hydroxyl groups is 1. The van der Waals surface area contributed by atoms with Crippen LogP contribution in [0.15, 0.2) is 16.5 Å². The summed E-state index contributed by atoms with van der Waals surface area (Å²) in [6, 6.07) is 2.46. The summed E-state index contributed by atoms with van der Waals surface area (Å²) in [5, 5.41) is 19.5. The molecule has 15 heavy (non-hydrogen) atoms. The normalized spacial score (nSPS) is 12.8. The van der Waals surface area contributed by atoms with Gasteiger partial charge in [-0.1, -0.05) is 0 Å². The zero-order valence-electron chi connectivity index (χ0n) is 7.48. The number of aliphatic hydroxyl groups excluding tert-OH is 1. The molecule has 3 N–H and O–H groups in total. The first-order valence-electron chi connectivity index (χ1n) is 4.04. The van der Waals surface area contributed by atoms with Gasteiger partial charge in [-0.25, -0.2) is 13.6 Å². The van der Waals surface area contributed by atoms with Gasteiger partial charge in [0.25, 0.3) is 6.43 Å². The molecule has 7 heteroatoms. The maximum absolute atomic E-state index is 11.8. The molecule has 1 unspecified atom stereocenters. The maximum atomic E-state index is 11.8. The van der Waals surface area contributed by atoms with Crippen molar-refractivity contribution in [1.29, 1.82) is 0 Å². The summed E-state index contributed by atoms with van der Waals surface area (Å²) in [5.41, 5.74) is 0. The third-order valence-electron chi connectivity index (χ3n) is 1.59. The second-order valence-electron chi connectivity index (χ2n) is 2.75. The number of alkyl halides is 2. The molecule has 0 radical (unpaired) electrons. The summed E-state index contributed by atoms with van der Waals surface area (Å²) in [6.07, 6.45) is -4.67. The predicted octanol–water partition coefficient (Wildman–Crippen LogP) is 1.02. The molecule has 0 aromatic carbocycles. The summed E-state index contributed by atoms with van der Waals surface area (Å²) < 4.78 is 28.4. The van der Waals surface area contributed by atoms with Gasteiger partial charge in [0.2, 0.25) is 5.76 Å². The zero-order chi connectivity index (χ0) is 11.4. The number of halogens is 2. The Hall–Kier alpha value is -1.63. The third kappa shape index (κ3) is 3.21. The quantitative estimate of drug-likeness (QED) is 0.691. The van der Waals surface area contributed by atoms with E-state index in [4.69, 9.17) is 14.6 Å². The van der Waals surface area contributed by atoms with E-state index in [1.54, 1.807) is 0 Å². The number of hydrogen-bond acceptors (Lipinski definition) is 4. The average Bonchev–Trinajstić information content (AvgIpc) is 2.62. The number of carboxylic acid groups (broad SMARTS) is 1. The van der Waals surface area contributed by atoms with Gasteiger partial charge < -0.3 is 19.9 Å². The minimum Gasteiger partial charge on any atom is -0.475 e. The summed E-state index contributed by atoms with van der Waals surface area (Å²) in [4.78, 5) is 10.4. The van der Waals surface area contributed by atoms with Crippen LogP contribution >= 0.6 is 0 Å². The highest BCUT2D eigenvalue weighted by Gasteiger charge is 2.17. The number of rotatable bonds is 5. The second kappa shape index (κ2) is 4.74. The van der Waals surface area contributed by atoms with E-state index < -0.39 is 25.0 Å². The molecule has 1 atom stereocenters. The van der Waals surface area contributed by atoms with Gasteiger partial charge in [-0.2, -0.15) is 0 Å². The lowest BCUT2D eigenvalue weighted by atomic mass is 10.4. The standard InChI is InChI=1S/C8H9F2NO4/c9-7(10)4(12)3-11-6-2-1-5(15-6)8(13)14/h1-2,4,7,11-12H,3H2,(H,13,14). The Labute approximate surface area is 83.3 Å². The molecule has 0 bridgehead atoms. The molecule has 1 rings (SSSR count). The van der Waals surface area contributed by atoms with Crippen molar-refractivity contribution in [2.75, 3.05) is 11.9 Å². The Morgan fingerprint density at radius 1 is 1.53 bits per heavy atom. The topological polar surface area (TPSA) is 82.7 Å². The van der Waals surface area contributed by atoms with Crippen LogP contribution in [0.2, 0.25) is 0 Å². The van der Waals surface area contributed by atoms with Crippen LogP contribution in [0.5, 0.6) is 0 Å². The number of nitrogens with one attached hydrogen (secondary N) is 1. The Kier molecular flexibility index (Phi) is 3.62. The van der Waals surface area contributed by atoms with Gasteiger partial charge in [0, 0.05) is 12.6 Å². The molecule has 1 heterocycles. The second-order valence-corrected chi connectivity index (χ2v) is 2.75. The molecule has 1 aromatic rings. The number of anilines is 1. The van der Waals surface area contributed by atoms with E-state index in [9.17, 15) is 13.6 Å². The average molecular weight is 221 g/mol. The number of aromatic carboxylic acids is 1. The van der Waals surface area contributed by atoms with Crippen LogP contribution in [0.3, 0.4) is 0 Å². The first kappa shape index (κ1) is 11.4. The molecule has 1 aromatic heterocycles. The minimum absolute atomic E-state index is 0.0205. The van der Waals surface area contributed by atoms with Crippen LogP contribution in [0, 0.1) is 0 Å². The van der Waals surface area contributed by atoms with Gasteiger partial charge in [0.15, 0.2) is 5.88 Å². The molecule has 0 saturated carbocycles. The van der Waals surface area contributed by atoms with Crippen molar-refractivity contribution in [3.8, 4) is 0 Å². The van der Waals surface area contributed by atoms with Crippen molar-refractivity contribution < 1.29 is 28.2 Å². The molecular weight excluding hydrogens is 212 g/mol. The molecule has 0 aliphatic carbocycles. The van der Waals surface area contributed by atoms with Crippen molar-refractivity contribution in [3.63, 3.8) is 0 Å². The SMILES string of the molecule is O=C(O)c1ccc(NCC(O)C(F)F)o1. The van der Waals surface area contributed by atoms with E-state index in [2.05, 4.69) is 5.32 Å². The van der Waals surface area contributed by atoms with Gasteiger partial charge in [0.05, 0.1) is 0 Å². The van der Waals surface area contributed by atoms with Crippen LogP contribution in [-0.4, -0.2) is 35.3 Å². The highest BCUT2D eigenvalue weighted by Crippen LogP contribution is 2.13. The number of carboxylic acids is 1. The lowest BCUT2D eigenvalue weighted by Crippen LogP contribution is -2.26. The van der Waals surface area contributed by atoms with Crippen molar-refractivity contribution in [1.82, 2.24) is 0 Å². The number of carbonyl (C=O) groups is 1. The first-order valence-corrected chi connectivity index (χ1v) is 4.04. The molecular formula is C8H9F2NO4. The Bertz CT molecular complexity index is 339. The Morgan fingerprint density at radius 2 is 2.20 bits per heavy atom. The zero-order valence-corrected chi connectivity index (χ0v) is 7.48. The van der Waals surface area contributed by atoms with Gasteiger partial charge in [-0.15, -0.1) is 0 Å². The third-order valence-corrected chi connectivity index (χ3v) is 1.59. The Balaban J connectivity index is 2.48. The van der Waals surface area contributed by atoms with Gasteiger partial charge in [-0.05, 0) is 6.07 Å². The van der Waals surface area contributed by atoms with Crippen molar-refractivity contribution in [2.24, 2.45) is 0 Å². The molecule has 0 saturated heterocycles. The minimum atomic E-state index is -2.86. The van der Waals surface area contributed by atoms with Crippen LogP contribution in [0.4, 0.5) is 14.7 Å². The fraction of sp³-hybridized carbons (Fsp3) is 0.375. The molecule has 0 spiro atoms. The molecule has 0 fully saturated rings. The molecule has 0 aliphatic heterocycles. The molecule has 0 amide bonds. The van der Waals surface area contributed by atoms with E-state index in [1.165, 1.54) is 12.1 Å². The van der Waals surface area contributed by atoms with Crippen LogP contribution < -0.4 is 5.32 Å². The van der Waals surface area contributed by atoms with Crippen LogP contribution in [-0.2, 0) is 0 Å². The van der Waals surface area contributed by atoms with Crippen molar-refractivity contribution in [2.45, 2.75) is 12.5 Å². The smallest absolute Gasteiger partial charge is 0.371 e. The monoisotopic (exact) mass is 221 g/mol. The van der Waals surface area contributed by atoms with E-state index >= 15 is 0 Å². The summed E-state index contributed by atoms with van der Waals surface area (Å²) in [5.74, 6) is -1.53. The highest BCUT2D eigenvalue weighted by atomic mass is 19.3. The van der Waals surface area contributed by atoms with Gasteiger partial charge >= 0.3 is 5.97 Å². The highest BCUT2D eigenvalue weighted by molar-refractivity contribution is 5.84. The first-order chi connectivity index (χ1) is 7.00. The fourth-order valence-corrected chi connectivity index (χ4v) is 0.842. The molecule has 5 nitrogen and oxygen atoms in total.